The Morgan fingerprint density at radius 3 is 2.65 bits per heavy atom. The zero-order valence-electron chi connectivity index (χ0n) is 10.2. The molecule has 0 unspecified atom stereocenters. The molecular formula is C14H16O3. The molecule has 0 spiro atoms. The van der Waals surface area contributed by atoms with Gasteiger partial charge >= 0.3 is 0 Å². The lowest BCUT2D eigenvalue weighted by molar-refractivity contribution is -0.122. The molecule has 1 heterocycles. The van der Waals surface area contributed by atoms with Crippen LogP contribution in [0.1, 0.15) is 19.4 Å². The summed E-state index contributed by atoms with van der Waals surface area (Å²) >= 11 is 0. The van der Waals surface area contributed by atoms with Crippen LogP contribution in [0, 0.1) is 0 Å². The van der Waals surface area contributed by atoms with E-state index in [-0.39, 0.29) is 19.0 Å². The van der Waals surface area contributed by atoms with E-state index in [2.05, 4.69) is 19.9 Å². The maximum atomic E-state index is 11.2. The number of hydrogen-bond donors (Lipinski definition) is 0. The largest absolute Gasteiger partial charge is 0.482 e. The zero-order valence-corrected chi connectivity index (χ0v) is 10.2. The second kappa shape index (κ2) is 5.04. The Bertz CT molecular complexity index is 457. The van der Waals surface area contributed by atoms with Gasteiger partial charge in [0.25, 0.3) is 0 Å². The fourth-order valence-electron chi connectivity index (χ4n) is 1.59. The molecule has 2 rings (SSSR count). The van der Waals surface area contributed by atoms with E-state index < -0.39 is 0 Å². The Labute approximate surface area is 101 Å². The molecule has 17 heavy (non-hydrogen) atoms. The number of hydrogen-bond acceptors (Lipinski definition) is 3. The van der Waals surface area contributed by atoms with Crippen LogP contribution in [0.2, 0.25) is 0 Å². The fraction of sp³-hybridized carbons (Fsp3) is 0.357. The number of allylic oxidation sites excluding steroid dienone is 2. The highest BCUT2D eigenvalue weighted by molar-refractivity contribution is 5.82. The Kier molecular flexibility index (Phi) is 3.47. The minimum atomic E-state index is -0.0351. The molecule has 0 saturated carbocycles. The molecule has 1 aliphatic heterocycles. The number of carbonyl (C=O) groups is 1. The highest BCUT2D eigenvalue weighted by atomic mass is 16.5. The quantitative estimate of drug-likeness (QED) is 0.735. The first-order valence-electron chi connectivity index (χ1n) is 5.69. The maximum Gasteiger partial charge on any atom is 0.207 e. The summed E-state index contributed by atoms with van der Waals surface area (Å²) in [6.45, 7) is 4.34. The summed E-state index contributed by atoms with van der Waals surface area (Å²) in [5, 5.41) is 0. The van der Waals surface area contributed by atoms with Crippen molar-refractivity contribution in [1.29, 1.82) is 0 Å². The van der Waals surface area contributed by atoms with Gasteiger partial charge in [0.1, 0.15) is 0 Å². The highest BCUT2D eigenvalue weighted by Gasteiger charge is 2.15. The minimum Gasteiger partial charge on any atom is -0.482 e. The Morgan fingerprint density at radius 1 is 1.24 bits per heavy atom. The lowest BCUT2D eigenvalue weighted by atomic mass is 10.1. The fourth-order valence-corrected chi connectivity index (χ4v) is 1.59. The van der Waals surface area contributed by atoms with Crippen LogP contribution in [0.3, 0.4) is 0 Å². The van der Waals surface area contributed by atoms with Crippen molar-refractivity contribution in [3.05, 3.63) is 35.4 Å². The number of ketones is 1. The molecule has 3 heteroatoms. The molecule has 0 atom stereocenters. The van der Waals surface area contributed by atoms with Gasteiger partial charge in [-0.05, 0) is 38.0 Å². The third-order valence-electron chi connectivity index (χ3n) is 2.53. The minimum absolute atomic E-state index is 0.0351. The first kappa shape index (κ1) is 11.7. The number of ether oxygens (including phenoxy) is 2. The second-order valence-corrected chi connectivity index (χ2v) is 4.38. The predicted molar refractivity (Wildman–Crippen MR) is 65.6 cm³/mol. The summed E-state index contributed by atoms with van der Waals surface area (Å²) in [6.07, 6.45) is 3.03. The molecule has 3 nitrogen and oxygen atoms in total. The smallest absolute Gasteiger partial charge is 0.207 e. The van der Waals surface area contributed by atoms with E-state index in [0.717, 1.165) is 12.0 Å². The van der Waals surface area contributed by atoms with Crippen molar-refractivity contribution in [3.8, 4) is 11.5 Å². The standard InChI is InChI=1S/C14H16O3/c1-10(2)3-4-11-5-6-13-14(7-11)17-9-12(15)8-16-13/h3,5-7H,4,8-9H2,1-2H3. The molecule has 1 aliphatic rings. The third-order valence-corrected chi connectivity index (χ3v) is 2.53. The molecule has 0 aliphatic carbocycles. The lowest BCUT2D eigenvalue weighted by Crippen LogP contribution is -2.15. The number of benzene rings is 1. The zero-order chi connectivity index (χ0) is 12.3. The Hall–Kier alpha value is -1.77. The first-order chi connectivity index (χ1) is 8.15. The number of carbonyl (C=O) groups excluding carboxylic acids is 1. The number of rotatable bonds is 2. The van der Waals surface area contributed by atoms with E-state index >= 15 is 0 Å². The topological polar surface area (TPSA) is 35.5 Å². The van der Waals surface area contributed by atoms with E-state index in [1.165, 1.54) is 5.57 Å². The normalized spacial score (nSPS) is 14.1. The molecule has 0 N–H and O–H groups in total. The van der Waals surface area contributed by atoms with Crippen molar-refractivity contribution >= 4 is 5.78 Å². The average Bonchev–Trinajstić information content (AvgIpc) is 2.49. The van der Waals surface area contributed by atoms with Crippen molar-refractivity contribution in [2.75, 3.05) is 13.2 Å². The SMILES string of the molecule is CC(C)=CCc1ccc2c(c1)OCC(=O)CO2. The van der Waals surface area contributed by atoms with Crippen LogP contribution in [-0.2, 0) is 11.2 Å². The van der Waals surface area contributed by atoms with Crippen LogP contribution in [0.4, 0.5) is 0 Å². The third kappa shape index (κ3) is 3.09. The summed E-state index contributed by atoms with van der Waals surface area (Å²) in [7, 11) is 0. The van der Waals surface area contributed by atoms with E-state index in [1.54, 1.807) is 0 Å². The molecule has 0 fully saturated rings. The van der Waals surface area contributed by atoms with Gasteiger partial charge in [-0.3, -0.25) is 4.79 Å². The maximum absolute atomic E-state index is 11.2. The van der Waals surface area contributed by atoms with Crippen LogP contribution >= 0.6 is 0 Å². The average molecular weight is 232 g/mol. The van der Waals surface area contributed by atoms with Crippen LogP contribution in [0.5, 0.6) is 11.5 Å². The molecule has 1 aromatic rings. The van der Waals surface area contributed by atoms with Crippen molar-refractivity contribution in [1.82, 2.24) is 0 Å². The molecule has 0 radical (unpaired) electrons. The first-order valence-corrected chi connectivity index (χ1v) is 5.69. The van der Waals surface area contributed by atoms with E-state index in [1.807, 2.05) is 18.2 Å². The van der Waals surface area contributed by atoms with Crippen molar-refractivity contribution < 1.29 is 14.3 Å². The molecule has 90 valence electrons. The Morgan fingerprint density at radius 2 is 1.94 bits per heavy atom. The number of fused-ring (bicyclic) bond motifs is 1. The number of Topliss-reactive ketones (excluding diaryl/α,β-unsaturated/α-hetero) is 1. The summed E-state index contributed by atoms with van der Waals surface area (Å²) in [4.78, 5) is 11.2. The summed E-state index contributed by atoms with van der Waals surface area (Å²) in [5.41, 5.74) is 2.44. The van der Waals surface area contributed by atoms with Crippen molar-refractivity contribution in [2.45, 2.75) is 20.3 Å². The highest BCUT2D eigenvalue weighted by Crippen LogP contribution is 2.30. The van der Waals surface area contributed by atoms with Gasteiger partial charge in [-0.1, -0.05) is 17.7 Å². The molecule has 0 bridgehead atoms. The van der Waals surface area contributed by atoms with E-state index in [9.17, 15) is 4.79 Å². The van der Waals surface area contributed by atoms with Gasteiger partial charge < -0.3 is 9.47 Å². The van der Waals surface area contributed by atoms with Gasteiger partial charge in [0, 0.05) is 0 Å². The second-order valence-electron chi connectivity index (χ2n) is 4.38. The van der Waals surface area contributed by atoms with Gasteiger partial charge in [0.2, 0.25) is 5.78 Å². The molecule has 0 aromatic heterocycles. The van der Waals surface area contributed by atoms with E-state index in [0.29, 0.717) is 11.5 Å². The predicted octanol–water partition coefficient (Wildman–Crippen LogP) is 2.54. The van der Waals surface area contributed by atoms with Crippen LogP contribution in [0.15, 0.2) is 29.8 Å². The summed E-state index contributed by atoms with van der Waals surface area (Å²) < 4.78 is 10.8. The van der Waals surface area contributed by atoms with Gasteiger partial charge in [-0.25, -0.2) is 0 Å². The summed E-state index contributed by atoms with van der Waals surface area (Å²) in [6, 6.07) is 5.80. The Balaban J connectivity index is 2.19. The monoisotopic (exact) mass is 232 g/mol. The van der Waals surface area contributed by atoms with Gasteiger partial charge in [0.05, 0.1) is 0 Å². The van der Waals surface area contributed by atoms with Crippen LogP contribution in [-0.4, -0.2) is 19.0 Å². The lowest BCUT2D eigenvalue weighted by Gasteiger charge is -2.07. The summed E-state index contributed by atoms with van der Waals surface area (Å²) in [5.74, 6) is 1.28. The van der Waals surface area contributed by atoms with Crippen LogP contribution in [0.25, 0.3) is 0 Å². The molecule has 0 amide bonds. The van der Waals surface area contributed by atoms with Crippen molar-refractivity contribution in [2.24, 2.45) is 0 Å². The van der Waals surface area contributed by atoms with Gasteiger partial charge in [0.15, 0.2) is 24.7 Å². The molecule has 1 aromatic carbocycles. The van der Waals surface area contributed by atoms with Crippen LogP contribution < -0.4 is 9.47 Å². The van der Waals surface area contributed by atoms with Crippen molar-refractivity contribution in [3.63, 3.8) is 0 Å². The van der Waals surface area contributed by atoms with E-state index in [4.69, 9.17) is 9.47 Å². The van der Waals surface area contributed by atoms with Gasteiger partial charge in [-0.15, -0.1) is 0 Å². The molecule has 0 saturated heterocycles. The van der Waals surface area contributed by atoms with Gasteiger partial charge in [-0.2, -0.15) is 0 Å². The molecular weight excluding hydrogens is 216 g/mol.